The number of β-lactam (4-membered cyclic amide) rings is 1. The number of nitrogens with zero attached hydrogens (tertiary/aromatic N) is 2. The van der Waals surface area contributed by atoms with E-state index in [1.807, 2.05) is 24.2 Å². The molecule has 14 heteroatoms. The zero-order chi connectivity index (χ0) is 33.1. The average Bonchev–Trinajstić information content (AvgIpc) is 3.26. The molecule has 0 unspecified atom stereocenters. The maximum atomic E-state index is 13.6. The number of imide groups is 1. The lowest BCUT2D eigenvalue weighted by molar-refractivity contribution is -0.188. The van der Waals surface area contributed by atoms with Gasteiger partial charge in [0, 0.05) is 24.1 Å². The van der Waals surface area contributed by atoms with Crippen molar-refractivity contribution in [3.05, 3.63) is 0 Å². The number of esters is 2. The number of hydrogen-bond acceptors (Lipinski definition) is 10. The molecule has 0 spiro atoms. The summed E-state index contributed by atoms with van der Waals surface area (Å²) in [5.74, 6) is -5.40. The summed E-state index contributed by atoms with van der Waals surface area (Å²) in [6, 6.07) is 1.93. The van der Waals surface area contributed by atoms with Gasteiger partial charge in [-0.15, -0.1) is 0 Å². The van der Waals surface area contributed by atoms with E-state index >= 15 is 0 Å². The van der Waals surface area contributed by atoms with E-state index in [9.17, 15) is 28.8 Å². The van der Waals surface area contributed by atoms with Gasteiger partial charge in [0.05, 0.1) is 23.5 Å². The Labute approximate surface area is 262 Å². The molecule has 0 N–H and O–H groups in total. The summed E-state index contributed by atoms with van der Waals surface area (Å²) >= 11 is 1.08. The van der Waals surface area contributed by atoms with E-state index in [-0.39, 0.29) is 22.7 Å². The standard InChI is InChI=1S/C29H50N2O9SSi2/c1-12-43(13-2,14-3)30-16-20(15-21(30)32)41-27(36)18(4)23-22(19(5)40-42(9,10)11)24(33)31(23)25(34)26(35)38-17-39-28(37)29(6,7)8/h18-20,22-23H,12-17H2,1-11H3/t18-,19-,20-,22-,23-/m1/s1. The lowest BCUT2D eigenvalue weighted by Gasteiger charge is -2.50. The minimum atomic E-state index is -2.10. The highest BCUT2D eigenvalue weighted by atomic mass is 32.2. The molecule has 2 aliphatic rings. The molecule has 0 aromatic heterocycles. The molecule has 2 rings (SSSR count). The molecule has 3 amide bonds. The van der Waals surface area contributed by atoms with Crippen LogP contribution in [0.4, 0.5) is 0 Å². The Kier molecular flexibility index (Phi) is 12.4. The highest BCUT2D eigenvalue weighted by Crippen LogP contribution is 2.41. The van der Waals surface area contributed by atoms with Gasteiger partial charge in [0.1, 0.15) is 0 Å². The van der Waals surface area contributed by atoms with E-state index in [1.54, 1.807) is 34.6 Å². The van der Waals surface area contributed by atoms with Crippen LogP contribution in [-0.2, 0) is 42.7 Å². The molecule has 244 valence electrons. The third-order valence-corrected chi connectivity index (χ3v) is 16.3. The molecule has 2 heterocycles. The second-order valence-corrected chi connectivity index (χ2v) is 24.4. The number of thioether (sulfide) groups is 1. The lowest BCUT2D eigenvalue weighted by Crippen LogP contribution is -2.70. The molecule has 11 nitrogen and oxygen atoms in total. The van der Waals surface area contributed by atoms with E-state index in [1.165, 1.54) is 0 Å². The normalized spacial score (nSPS) is 22.6. The van der Waals surface area contributed by atoms with Crippen molar-refractivity contribution in [1.82, 2.24) is 9.47 Å². The fourth-order valence-electron chi connectivity index (χ4n) is 5.87. The SMILES string of the molecule is CC[Si](CC)(CC)N1C[C@H](SC(=O)[C@H](C)[C@@H]2[C@@H]([C@@H](C)O[Si](C)(C)C)C(=O)N2C(=O)C(=O)OCOC(=O)C(C)(C)C)CC1=O. The number of hydrogen-bond donors (Lipinski definition) is 0. The zero-order valence-corrected chi connectivity index (χ0v) is 30.4. The van der Waals surface area contributed by atoms with Crippen LogP contribution in [-0.4, -0.2) is 91.5 Å². The fourth-order valence-corrected chi connectivity index (χ4v) is 12.3. The van der Waals surface area contributed by atoms with Gasteiger partial charge in [-0.3, -0.25) is 28.9 Å². The molecule has 0 aromatic carbocycles. The van der Waals surface area contributed by atoms with Gasteiger partial charge in [-0.25, -0.2) is 4.79 Å². The first-order chi connectivity index (χ1) is 19.7. The van der Waals surface area contributed by atoms with Gasteiger partial charge >= 0.3 is 17.8 Å². The molecular weight excluding hydrogens is 609 g/mol. The van der Waals surface area contributed by atoms with E-state index in [2.05, 4.69) is 20.8 Å². The molecule has 0 radical (unpaired) electrons. The van der Waals surface area contributed by atoms with Gasteiger partial charge in [0.2, 0.25) is 18.6 Å². The summed E-state index contributed by atoms with van der Waals surface area (Å²) < 4.78 is 18.0. The van der Waals surface area contributed by atoms with Crippen molar-refractivity contribution in [3.63, 3.8) is 0 Å². The third kappa shape index (κ3) is 8.57. The van der Waals surface area contributed by atoms with Gasteiger partial charge in [-0.1, -0.05) is 39.5 Å². The monoisotopic (exact) mass is 658 g/mol. The number of rotatable bonds is 12. The molecule has 2 fully saturated rings. The largest absolute Gasteiger partial charge is 0.427 e. The molecule has 0 aromatic rings. The second kappa shape index (κ2) is 14.4. The van der Waals surface area contributed by atoms with Crippen LogP contribution in [0, 0.1) is 17.3 Å². The van der Waals surface area contributed by atoms with Crippen LogP contribution in [0.15, 0.2) is 0 Å². The average molecular weight is 659 g/mol. The maximum Gasteiger partial charge on any atom is 0.400 e. The van der Waals surface area contributed by atoms with Gasteiger partial charge in [0.15, 0.2) is 21.7 Å². The van der Waals surface area contributed by atoms with E-state index in [0.29, 0.717) is 6.54 Å². The van der Waals surface area contributed by atoms with Crippen molar-refractivity contribution in [1.29, 1.82) is 0 Å². The summed E-state index contributed by atoms with van der Waals surface area (Å²) in [5.41, 5.74) is -0.837. The lowest BCUT2D eigenvalue weighted by atomic mass is 9.77. The van der Waals surface area contributed by atoms with Crippen molar-refractivity contribution in [2.75, 3.05) is 13.3 Å². The Morgan fingerprint density at radius 1 is 0.977 bits per heavy atom. The quantitative estimate of drug-likeness (QED) is 0.0988. The minimum Gasteiger partial charge on any atom is -0.427 e. The van der Waals surface area contributed by atoms with Crippen molar-refractivity contribution in [3.8, 4) is 0 Å². The Bertz CT molecular complexity index is 1090. The van der Waals surface area contributed by atoms with Crippen molar-refractivity contribution >= 4 is 63.1 Å². The summed E-state index contributed by atoms with van der Waals surface area (Å²) in [6.07, 6.45) is -0.325. The summed E-state index contributed by atoms with van der Waals surface area (Å²) in [4.78, 5) is 78.5. The third-order valence-electron chi connectivity index (χ3n) is 8.42. The van der Waals surface area contributed by atoms with Gasteiger partial charge in [-0.2, -0.15) is 0 Å². The number of ether oxygens (including phenoxy) is 2. The second-order valence-electron chi connectivity index (χ2n) is 13.5. The summed E-state index contributed by atoms with van der Waals surface area (Å²) in [6.45, 7) is 20.3. The van der Waals surface area contributed by atoms with Gasteiger partial charge in [-0.05, 0) is 65.5 Å². The molecule has 2 aliphatic heterocycles. The van der Waals surface area contributed by atoms with Gasteiger partial charge in [0.25, 0.3) is 0 Å². The van der Waals surface area contributed by atoms with Crippen molar-refractivity contribution in [2.45, 2.75) is 117 Å². The Morgan fingerprint density at radius 2 is 1.53 bits per heavy atom. The predicted molar refractivity (Wildman–Crippen MR) is 169 cm³/mol. The Balaban J connectivity index is 2.22. The van der Waals surface area contributed by atoms with Crippen LogP contribution < -0.4 is 0 Å². The zero-order valence-electron chi connectivity index (χ0n) is 27.6. The number of carbonyl (C=O) groups is 6. The number of likely N-dealkylation sites (tertiary alicyclic amines) is 1. The molecule has 0 saturated carbocycles. The van der Waals surface area contributed by atoms with Crippen LogP contribution in [0.5, 0.6) is 0 Å². The first-order valence-corrected chi connectivity index (χ1v) is 22.0. The molecular formula is C29H50N2O9SSi2. The predicted octanol–water partition coefficient (Wildman–Crippen LogP) is 4.17. The highest BCUT2D eigenvalue weighted by Gasteiger charge is 2.58. The van der Waals surface area contributed by atoms with Crippen LogP contribution in [0.25, 0.3) is 0 Å². The fraction of sp³-hybridized carbons (Fsp3) is 0.793. The Morgan fingerprint density at radius 3 is 2.02 bits per heavy atom. The van der Waals surface area contributed by atoms with Gasteiger partial charge < -0.3 is 18.5 Å². The highest BCUT2D eigenvalue weighted by molar-refractivity contribution is 8.14. The minimum absolute atomic E-state index is 0.0794. The van der Waals surface area contributed by atoms with E-state index in [4.69, 9.17) is 13.9 Å². The summed E-state index contributed by atoms with van der Waals surface area (Å²) in [5, 5.41) is -0.486. The molecule has 0 aliphatic carbocycles. The smallest absolute Gasteiger partial charge is 0.400 e. The molecule has 43 heavy (non-hydrogen) atoms. The van der Waals surface area contributed by atoms with Crippen LogP contribution in [0.2, 0.25) is 37.8 Å². The molecule has 2 saturated heterocycles. The molecule has 5 atom stereocenters. The van der Waals surface area contributed by atoms with Crippen molar-refractivity contribution in [2.24, 2.45) is 17.3 Å². The topological polar surface area (TPSA) is 137 Å². The van der Waals surface area contributed by atoms with E-state index in [0.717, 1.165) is 34.8 Å². The molecule has 0 bridgehead atoms. The first-order valence-electron chi connectivity index (χ1n) is 15.1. The van der Waals surface area contributed by atoms with Crippen LogP contribution >= 0.6 is 11.8 Å². The van der Waals surface area contributed by atoms with Crippen LogP contribution in [0.3, 0.4) is 0 Å². The van der Waals surface area contributed by atoms with E-state index < -0.39 is 76.5 Å². The maximum absolute atomic E-state index is 13.6. The summed E-state index contributed by atoms with van der Waals surface area (Å²) in [7, 11) is -4.04. The number of carbonyl (C=O) groups excluding carboxylic acids is 6. The Hall–Kier alpha value is -2.04. The van der Waals surface area contributed by atoms with Crippen molar-refractivity contribution < 1.29 is 42.7 Å². The first kappa shape index (κ1) is 37.2. The van der Waals surface area contributed by atoms with Crippen LogP contribution in [0.1, 0.15) is 61.8 Å². The number of amides is 3.